The Morgan fingerprint density at radius 2 is 1.95 bits per heavy atom. The Balaban J connectivity index is 1.87. The van der Waals surface area contributed by atoms with E-state index in [1.54, 1.807) is 0 Å². The van der Waals surface area contributed by atoms with Gasteiger partial charge in [-0.25, -0.2) is 4.98 Å². The summed E-state index contributed by atoms with van der Waals surface area (Å²) >= 11 is 0. The third-order valence-corrected chi connectivity index (χ3v) is 3.50. The monoisotopic (exact) mass is 281 g/mol. The van der Waals surface area contributed by atoms with Crippen LogP contribution in [-0.4, -0.2) is 4.98 Å². The fourth-order valence-electron chi connectivity index (χ4n) is 2.32. The molecule has 2 heteroatoms. The maximum atomic E-state index is 4.41. The summed E-state index contributed by atoms with van der Waals surface area (Å²) in [7, 11) is 0. The normalized spacial score (nSPS) is 11.1. The lowest BCUT2D eigenvalue weighted by Crippen LogP contribution is -2.33. The van der Waals surface area contributed by atoms with Crippen molar-refractivity contribution in [1.82, 2.24) is 4.98 Å². The minimum atomic E-state index is 0.890. The van der Waals surface area contributed by atoms with Crippen molar-refractivity contribution < 1.29 is 4.57 Å². The molecule has 0 amide bonds. The highest BCUT2D eigenvalue weighted by Crippen LogP contribution is 2.05. The zero-order valence-electron chi connectivity index (χ0n) is 12.9. The summed E-state index contributed by atoms with van der Waals surface area (Å²) < 4.78 is 2.18. The van der Waals surface area contributed by atoms with Gasteiger partial charge in [0.1, 0.15) is 5.69 Å². The van der Waals surface area contributed by atoms with Crippen LogP contribution in [0.15, 0.2) is 55.0 Å². The lowest BCUT2D eigenvalue weighted by Gasteiger charge is -1.98. The highest BCUT2D eigenvalue weighted by atomic mass is 15.0. The van der Waals surface area contributed by atoms with E-state index in [0.717, 1.165) is 18.7 Å². The van der Waals surface area contributed by atoms with Crippen molar-refractivity contribution in [3.8, 4) is 0 Å². The van der Waals surface area contributed by atoms with E-state index in [1.807, 2.05) is 18.5 Å². The van der Waals surface area contributed by atoms with Gasteiger partial charge in [-0.1, -0.05) is 62.6 Å². The molecule has 0 unspecified atom stereocenters. The molecular formula is C19H25N2+. The summed E-state index contributed by atoms with van der Waals surface area (Å²) in [6, 6.07) is 10.5. The first-order chi connectivity index (χ1) is 10.4. The molecule has 0 saturated carbocycles. The molecule has 1 aromatic carbocycles. The number of hydrogen-bond acceptors (Lipinski definition) is 1. The highest BCUT2D eigenvalue weighted by molar-refractivity contribution is 5.41. The molecule has 0 saturated heterocycles. The molecule has 2 aromatic rings. The number of nitrogens with zero attached hydrogens (tertiary/aromatic N) is 2. The van der Waals surface area contributed by atoms with Crippen LogP contribution in [0.3, 0.4) is 0 Å². The molecule has 0 fully saturated rings. The average Bonchev–Trinajstić information content (AvgIpc) is 2.52. The lowest BCUT2D eigenvalue weighted by atomic mass is 10.1. The number of rotatable bonds is 8. The standard InChI is InChI=1S/C19H25N2/c1-2-3-4-5-6-10-13-19-17-21(15-14-20-19)16-18-11-8-7-9-12-18/h7-15,17H,2-6,16H2,1H3/q+1. The van der Waals surface area contributed by atoms with Gasteiger partial charge < -0.3 is 0 Å². The number of aromatic nitrogens is 2. The van der Waals surface area contributed by atoms with Crippen LogP contribution in [0, 0.1) is 0 Å². The first-order valence-electron chi connectivity index (χ1n) is 7.94. The van der Waals surface area contributed by atoms with Gasteiger partial charge in [-0.3, -0.25) is 0 Å². The fraction of sp³-hybridized carbons (Fsp3) is 0.368. The molecule has 2 rings (SSSR count). The van der Waals surface area contributed by atoms with Crippen molar-refractivity contribution in [2.75, 3.05) is 0 Å². The lowest BCUT2D eigenvalue weighted by molar-refractivity contribution is -0.689. The highest BCUT2D eigenvalue weighted by Gasteiger charge is 2.03. The molecule has 21 heavy (non-hydrogen) atoms. The largest absolute Gasteiger partial charge is 0.244 e. The quantitative estimate of drug-likeness (QED) is 0.517. The minimum Gasteiger partial charge on any atom is -0.244 e. The topological polar surface area (TPSA) is 16.8 Å². The van der Waals surface area contributed by atoms with Crippen LogP contribution in [0.25, 0.3) is 6.08 Å². The summed E-state index contributed by atoms with van der Waals surface area (Å²) in [5.41, 5.74) is 2.34. The second-order valence-corrected chi connectivity index (χ2v) is 5.39. The van der Waals surface area contributed by atoms with Crippen LogP contribution < -0.4 is 4.57 Å². The molecule has 0 aliphatic heterocycles. The molecule has 110 valence electrons. The predicted molar refractivity (Wildman–Crippen MR) is 87.8 cm³/mol. The van der Waals surface area contributed by atoms with Gasteiger partial charge >= 0.3 is 0 Å². The van der Waals surface area contributed by atoms with Gasteiger partial charge in [0.05, 0.1) is 6.20 Å². The van der Waals surface area contributed by atoms with Crippen molar-refractivity contribution in [3.05, 3.63) is 66.3 Å². The van der Waals surface area contributed by atoms with E-state index in [4.69, 9.17) is 0 Å². The Labute approximate surface area is 128 Å². The number of benzene rings is 1. The van der Waals surface area contributed by atoms with Crippen LogP contribution in [-0.2, 0) is 6.54 Å². The van der Waals surface area contributed by atoms with Crippen molar-refractivity contribution in [3.63, 3.8) is 0 Å². The second-order valence-electron chi connectivity index (χ2n) is 5.39. The molecule has 2 nitrogen and oxygen atoms in total. The summed E-state index contributed by atoms with van der Waals surface area (Å²) in [5, 5.41) is 0. The Hall–Kier alpha value is -1.96. The van der Waals surface area contributed by atoms with Crippen LogP contribution in [0.1, 0.15) is 50.3 Å². The van der Waals surface area contributed by atoms with Gasteiger partial charge in [0, 0.05) is 5.56 Å². The van der Waals surface area contributed by atoms with Crippen molar-refractivity contribution in [2.24, 2.45) is 0 Å². The second kappa shape index (κ2) is 9.06. The van der Waals surface area contributed by atoms with Crippen LogP contribution in [0.5, 0.6) is 0 Å². The van der Waals surface area contributed by atoms with Crippen molar-refractivity contribution >= 4 is 6.08 Å². The molecule has 0 N–H and O–H groups in total. The van der Waals surface area contributed by atoms with E-state index in [0.29, 0.717) is 0 Å². The SMILES string of the molecule is CCCCCCC=Cc1c[n+](Cc2ccccc2)ccn1. The Morgan fingerprint density at radius 3 is 2.76 bits per heavy atom. The Morgan fingerprint density at radius 1 is 1.10 bits per heavy atom. The smallest absolute Gasteiger partial charge is 0.194 e. The number of hydrogen-bond donors (Lipinski definition) is 0. The minimum absolute atomic E-state index is 0.890. The van der Waals surface area contributed by atoms with Crippen molar-refractivity contribution in [1.29, 1.82) is 0 Å². The zero-order chi connectivity index (χ0) is 14.8. The van der Waals surface area contributed by atoms with E-state index in [1.165, 1.54) is 31.2 Å². The molecule has 0 atom stereocenters. The van der Waals surface area contributed by atoms with Gasteiger partial charge in [-0.15, -0.1) is 0 Å². The molecule has 1 heterocycles. The predicted octanol–water partition coefficient (Wildman–Crippen LogP) is 4.40. The van der Waals surface area contributed by atoms with Gasteiger partial charge in [0.15, 0.2) is 18.9 Å². The summed E-state index contributed by atoms with van der Waals surface area (Å²) in [6.07, 6.45) is 16.8. The first kappa shape index (κ1) is 15.4. The molecule has 0 spiro atoms. The molecule has 0 bridgehead atoms. The number of unbranched alkanes of at least 4 members (excludes halogenated alkanes) is 4. The van der Waals surface area contributed by atoms with E-state index < -0.39 is 0 Å². The summed E-state index contributed by atoms with van der Waals surface area (Å²) in [6.45, 7) is 3.13. The fourth-order valence-corrected chi connectivity index (χ4v) is 2.32. The van der Waals surface area contributed by atoms with Gasteiger partial charge in [-0.05, 0) is 18.9 Å². The Bertz CT molecular complexity index is 547. The maximum absolute atomic E-state index is 4.41. The van der Waals surface area contributed by atoms with Gasteiger partial charge in [-0.2, -0.15) is 4.57 Å². The van der Waals surface area contributed by atoms with E-state index in [2.05, 4.69) is 59.1 Å². The Kier molecular flexibility index (Phi) is 6.66. The number of allylic oxidation sites excluding steroid dienone is 1. The zero-order valence-corrected chi connectivity index (χ0v) is 12.9. The van der Waals surface area contributed by atoms with E-state index in [9.17, 15) is 0 Å². The third-order valence-electron chi connectivity index (χ3n) is 3.50. The van der Waals surface area contributed by atoms with E-state index >= 15 is 0 Å². The third kappa shape index (κ3) is 5.90. The molecule has 0 aliphatic rings. The van der Waals surface area contributed by atoms with Crippen molar-refractivity contribution in [2.45, 2.75) is 45.6 Å². The molecule has 1 aromatic heterocycles. The maximum Gasteiger partial charge on any atom is 0.194 e. The summed E-state index contributed by atoms with van der Waals surface area (Å²) in [4.78, 5) is 4.41. The molecular weight excluding hydrogens is 256 g/mol. The molecule has 0 radical (unpaired) electrons. The average molecular weight is 281 g/mol. The van der Waals surface area contributed by atoms with Crippen LogP contribution in [0.2, 0.25) is 0 Å². The van der Waals surface area contributed by atoms with Crippen LogP contribution in [0.4, 0.5) is 0 Å². The van der Waals surface area contributed by atoms with Gasteiger partial charge in [0.2, 0.25) is 0 Å². The van der Waals surface area contributed by atoms with Crippen LogP contribution >= 0.6 is 0 Å². The van der Waals surface area contributed by atoms with Gasteiger partial charge in [0.25, 0.3) is 0 Å². The van der Waals surface area contributed by atoms with E-state index in [-0.39, 0.29) is 0 Å². The summed E-state index contributed by atoms with van der Waals surface area (Å²) in [5.74, 6) is 0. The molecule has 0 aliphatic carbocycles. The first-order valence-corrected chi connectivity index (χ1v) is 7.94.